The van der Waals surface area contributed by atoms with Crippen molar-refractivity contribution in [2.75, 3.05) is 20.1 Å². The number of rotatable bonds is 3. The fourth-order valence-corrected chi connectivity index (χ4v) is 3.48. The summed E-state index contributed by atoms with van der Waals surface area (Å²) >= 11 is 0. The number of piperidine rings is 1. The van der Waals surface area contributed by atoms with E-state index in [0.29, 0.717) is 5.92 Å². The summed E-state index contributed by atoms with van der Waals surface area (Å²) in [5.41, 5.74) is 2.98. The van der Waals surface area contributed by atoms with Gasteiger partial charge < -0.3 is 4.90 Å². The van der Waals surface area contributed by atoms with E-state index in [2.05, 4.69) is 72.6 Å². The van der Waals surface area contributed by atoms with Crippen LogP contribution in [-0.2, 0) is 6.42 Å². The van der Waals surface area contributed by atoms with Crippen molar-refractivity contribution < 1.29 is 0 Å². The highest BCUT2D eigenvalue weighted by Gasteiger charge is 2.28. The molecule has 1 fully saturated rings. The van der Waals surface area contributed by atoms with E-state index in [-0.39, 0.29) is 0 Å². The van der Waals surface area contributed by atoms with Gasteiger partial charge in [-0.1, -0.05) is 60.7 Å². The molecular formula is C19H23N. The predicted molar refractivity (Wildman–Crippen MR) is 84.9 cm³/mol. The first kappa shape index (κ1) is 13.4. The van der Waals surface area contributed by atoms with Gasteiger partial charge in [0.1, 0.15) is 0 Å². The second-order valence-corrected chi connectivity index (χ2v) is 6.02. The third-order valence-corrected chi connectivity index (χ3v) is 4.51. The van der Waals surface area contributed by atoms with Crippen LogP contribution in [0.25, 0.3) is 0 Å². The Morgan fingerprint density at radius 3 is 2.30 bits per heavy atom. The van der Waals surface area contributed by atoms with E-state index in [4.69, 9.17) is 0 Å². The van der Waals surface area contributed by atoms with Crippen LogP contribution in [0.3, 0.4) is 0 Å². The molecule has 2 atom stereocenters. The van der Waals surface area contributed by atoms with E-state index in [1.165, 1.54) is 37.1 Å². The fraction of sp³-hybridized carbons (Fsp3) is 0.368. The van der Waals surface area contributed by atoms with Crippen LogP contribution in [-0.4, -0.2) is 25.0 Å². The van der Waals surface area contributed by atoms with Crippen molar-refractivity contribution in [1.82, 2.24) is 4.90 Å². The molecule has 0 spiro atoms. The molecule has 0 saturated carbocycles. The minimum absolute atomic E-state index is 0.701. The topological polar surface area (TPSA) is 3.24 Å². The average molecular weight is 265 g/mol. The van der Waals surface area contributed by atoms with E-state index >= 15 is 0 Å². The lowest BCUT2D eigenvalue weighted by Crippen LogP contribution is -2.38. The van der Waals surface area contributed by atoms with E-state index in [9.17, 15) is 0 Å². The van der Waals surface area contributed by atoms with Crippen LogP contribution >= 0.6 is 0 Å². The van der Waals surface area contributed by atoms with Crippen molar-refractivity contribution in [2.45, 2.75) is 18.8 Å². The Bertz CT molecular complexity index is 520. The smallest absolute Gasteiger partial charge is 0.00157 e. The Hall–Kier alpha value is -1.60. The quantitative estimate of drug-likeness (QED) is 0.812. The Morgan fingerprint density at radius 1 is 0.950 bits per heavy atom. The molecule has 0 aromatic heterocycles. The molecule has 1 aliphatic heterocycles. The maximum absolute atomic E-state index is 2.48. The fourth-order valence-electron chi connectivity index (χ4n) is 3.48. The van der Waals surface area contributed by atoms with Gasteiger partial charge in [-0.15, -0.1) is 0 Å². The monoisotopic (exact) mass is 265 g/mol. The van der Waals surface area contributed by atoms with Gasteiger partial charge in [-0.3, -0.25) is 0 Å². The first-order valence-corrected chi connectivity index (χ1v) is 7.60. The molecule has 0 N–H and O–H groups in total. The molecule has 1 aliphatic rings. The second-order valence-electron chi connectivity index (χ2n) is 6.02. The van der Waals surface area contributed by atoms with Gasteiger partial charge in [-0.25, -0.2) is 0 Å². The largest absolute Gasteiger partial charge is 0.306 e. The Morgan fingerprint density at radius 2 is 1.60 bits per heavy atom. The summed E-state index contributed by atoms with van der Waals surface area (Å²) < 4.78 is 0. The lowest BCUT2D eigenvalue weighted by Gasteiger charge is -2.37. The molecule has 0 amide bonds. The zero-order valence-corrected chi connectivity index (χ0v) is 12.2. The Balaban J connectivity index is 1.80. The standard InChI is InChI=1S/C19H23N/c1-20-13-12-19(17-10-6-3-7-11-17)18(15-20)14-16-8-4-2-5-9-16/h2-11,18-19H,12-15H2,1H3/t18-,19-/m0/s1. The van der Waals surface area contributed by atoms with Crippen LogP contribution in [0.1, 0.15) is 23.5 Å². The van der Waals surface area contributed by atoms with Crippen molar-refractivity contribution in [3.63, 3.8) is 0 Å². The van der Waals surface area contributed by atoms with Crippen LogP contribution in [0.15, 0.2) is 60.7 Å². The van der Waals surface area contributed by atoms with Crippen LogP contribution in [0, 0.1) is 5.92 Å². The summed E-state index contributed by atoms with van der Waals surface area (Å²) in [6.45, 7) is 2.42. The summed E-state index contributed by atoms with van der Waals surface area (Å²) in [5, 5.41) is 0. The molecule has 2 aromatic carbocycles. The maximum Gasteiger partial charge on any atom is 0.00157 e. The normalized spacial score (nSPS) is 23.6. The zero-order chi connectivity index (χ0) is 13.8. The van der Waals surface area contributed by atoms with E-state index in [0.717, 1.165) is 5.92 Å². The van der Waals surface area contributed by atoms with Crippen molar-refractivity contribution in [3.05, 3.63) is 71.8 Å². The predicted octanol–water partition coefficient (Wildman–Crippen LogP) is 3.96. The third kappa shape index (κ3) is 3.10. The van der Waals surface area contributed by atoms with Crippen LogP contribution < -0.4 is 0 Å². The van der Waals surface area contributed by atoms with Crippen LogP contribution in [0.5, 0.6) is 0 Å². The lowest BCUT2D eigenvalue weighted by atomic mass is 9.77. The summed E-state index contributed by atoms with van der Waals surface area (Å²) in [5.74, 6) is 1.42. The summed E-state index contributed by atoms with van der Waals surface area (Å²) in [6, 6.07) is 22.0. The number of likely N-dealkylation sites (tertiary alicyclic amines) is 1. The average Bonchev–Trinajstić information content (AvgIpc) is 2.49. The highest BCUT2D eigenvalue weighted by Crippen LogP contribution is 2.34. The highest BCUT2D eigenvalue weighted by atomic mass is 15.1. The maximum atomic E-state index is 2.48. The van der Waals surface area contributed by atoms with Crippen molar-refractivity contribution >= 4 is 0 Å². The van der Waals surface area contributed by atoms with E-state index in [1.807, 2.05) is 0 Å². The minimum Gasteiger partial charge on any atom is -0.306 e. The molecule has 3 rings (SSSR count). The molecule has 0 aliphatic carbocycles. The third-order valence-electron chi connectivity index (χ3n) is 4.51. The summed E-state index contributed by atoms with van der Waals surface area (Å²) in [6.07, 6.45) is 2.46. The molecule has 1 heteroatoms. The highest BCUT2D eigenvalue weighted by molar-refractivity contribution is 5.23. The minimum atomic E-state index is 0.701. The first-order valence-electron chi connectivity index (χ1n) is 7.60. The number of hydrogen-bond donors (Lipinski definition) is 0. The number of hydrogen-bond acceptors (Lipinski definition) is 1. The van der Waals surface area contributed by atoms with E-state index in [1.54, 1.807) is 0 Å². The second kappa shape index (κ2) is 6.23. The van der Waals surface area contributed by atoms with Gasteiger partial charge in [0.2, 0.25) is 0 Å². The van der Waals surface area contributed by atoms with Crippen LogP contribution in [0.2, 0.25) is 0 Å². The summed E-state index contributed by atoms with van der Waals surface area (Å²) in [7, 11) is 2.25. The molecular weight excluding hydrogens is 242 g/mol. The number of nitrogens with zero attached hydrogens (tertiary/aromatic N) is 1. The Labute approximate surface area is 122 Å². The first-order chi connectivity index (χ1) is 9.83. The number of benzene rings is 2. The van der Waals surface area contributed by atoms with Gasteiger partial charge in [0, 0.05) is 6.54 Å². The molecule has 104 valence electrons. The van der Waals surface area contributed by atoms with Crippen molar-refractivity contribution in [1.29, 1.82) is 0 Å². The van der Waals surface area contributed by atoms with Crippen molar-refractivity contribution in [2.24, 2.45) is 5.92 Å². The van der Waals surface area contributed by atoms with Gasteiger partial charge in [-0.05, 0) is 49.4 Å². The van der Waals surface area contributed by atoms with Gasteiger partial charge in [-0.2, -0.15) is 0 Å². The van der Waals surface area contributed by atoms with Crippen molar-refractivity contribution in [3.8, 4) is 0 Å². The molecule has 0 bridgehead atoms. The lowest BCUT2D eigenvalue weighted by molar-refractivity contribution is 0.183. The van der Waals surface area contributed by atoms with Gasteiger partial charge in [0.05, 0.1) is 0 Å². The molecule has 20 heavy (non-hydrogen) atoms. The van der Waals surface area contributed by atoms with Gasteiger partial charge >= 0.3 is 0 Å². The van der Waals surface area contributed by atoms with Gasteiger partial charge in [0.25, 0.3) is 0 Å². The molecule has 2 aromatic rings. The zero-order valence-electron chi connectivity index (χ0n) is 12.2. The van der Waals surface area contributed by atoms with Crippen LogP contribution in [0.4, 0.5) is 0 Å². The molecule has 1 heterocycles. The molecule has 0 unspecified atom stereocenters. The summed E-state index contributed by atoms with van der Waals surface area (Å²) in [4.78, 5) is 2.48. The molecule has 1 nitrogen and oxygen atoms in total. The van der Waals surface area contributed by atoms with E-state index < -0.39 is 0 Å². The Kier molecular flexibility index (Phi) is 4.17. The SMILES string of the molecule is CN1CC[C@@H](c2ccccc2)[C@@H](Cc2ccccc2)C1. The molecule has 1 saturated heterocycles. The molecule has 0 radical (unpaired) electrons. The van der Waals surface area contributed by atoms with Gasteiger partial charge in [0.15, 0.2) is 0 Å².